The third-order valence-electron chi connectivity index (χ3n) is 6.97. The first-order chi connectivity index (χ1) is 11.4. The molecule has 0 amide bonds. The lowest BCUT2D eigenvalue weighted by Crippen LogP contribution is -3.25. The Bertz CT molecular complexity index is 482. The Morgan fingerprint density at radius 2 is 1.52 bits per heavy atom. The number of nitrogens with one attached hydrogen (secondary N) is 2. The molecule has 3 saturated heterocycles. The molecular weight excluding hydrogens is 280 g/mol. The van der Waals surface area contributed by atoms with E-state index in [-0.39, 0.29) is 0 Å². The first kappa shape index (κ1) is 15.7. The Morgan fingerprint density at radius 3 is 2.09 bits per heavy atom. The summed E-state index contributed by atoms with van der Waals surface area (Å²) < 4.78 is 0. The molecule has 1 aromatic carbocycles. The van der Waals surface area contributed by atoms with Crippen molar-refractivity contribution in [3.8, 4) is 0 Å². The van der Waals surface area contributed by atoms with Crippen molar-refractivity contribution in [2.45, 2.75) is 63.3 Å². The second-order valence-corrected chi connectivity index (χ2v) is 8.15. The molecule has 0 aromatic heterocycles. The molecule has 0 bridgehead atoms. The highest BCUT2D eigenvalue weighted by Gasteiger charge is 2.58. The van der Waals surface area contributed by atoms with Crippen molar-refractivity contribution in [3.05, 3.63) is 35.4 Å². The monoisotopic (exact) mass is 313 g/mol. The van der Waals surface area contributed by atoms with Crippen molar-refractivity contribution < 1.29 is 4.90 Å². The van der Waals surface area contributed by atoms with E-state index in [1.807, 2.05) is 4.90 Å². The zero-order valence-electron chi connectivity index (χ0n) is 14.6. The topological polar surface area (TPSA) is 16.5 Å². The Hall–Kier alpha value is -0.860. The first-order valence-corrected chi connectivity index (χ1v) is 10.0. The molecule has 2 nitrogen and oxygen atoms in total. The summed E-state index contributed by atoms with van der Waals surface area (Å²) in [6, 6.07) is 9.11. The molecule has 3 aliphatic heterocycles. The smallest absolute Gasteiger partial charge is 0.107 e. The largest absolute Gasteiger partial charge is 0.329 e. The summed E-state index contributed by atoms with van der Waals surface area (Å²) >= 11 is 0. The number of rotatable bonds is 1. The second-order valence-electron chi connectivity index (χ2n) is 8.15. The maximum Gasteiger partial charge on any atom is 0.107 e. The van der Waals surface area contributed by atoms with Crippen LogP contribution in [0.4, 0.5) is 0 Å². The Morgan fingerprint density at radius 1 is 0.826 bits per heavy atom. The van der Waals surface area contributed by atoms with E-state index in [1.54, 1.807) is 11.1 Å². The average molecular weight is 314 g/mol. The van der Waals surface area contributed by atoms with Crippen LogP contribution in [0.25, 0.3) is 0 Å². The summed E-state index contributed by atoms with van der Waals surface area (Å²) in [6.07, 6.45) is 12.9. The molecule has 1 aromatic rings. The fourth-order valence-corrected chi connectivity index (χ4v) is 5.54. The molecule has 0 spiro atoms. The molecule has 0 saturated carbocycles. The van der Waals surface area contributed by atoms with Gasteiger partial charge in [0.05, 0.1) is 19.5 Å². The highest BCUT2D eigenvalue weighted by atomic mass is 15.3. The van der Waals surface area contributed by atoms with Crippen LogP contribution >= 0.6 is 0 Å². The molecule has 23 heavy (non-hydrogen) atoms. The van der Waals surface area contributed by atoms with Crippen molar-refractivity contribution in [2.24, 2.45) is 5.92 Å². The van der Waals surface area contributed by atoms with Gasteiger partial charge in [-0.25, -0.2) is 0 Å². The van der Waals surface area contributed by atoms with Crippen LogP contribution < -0.4 is 10.2 Å². The van der Waals surface area contributed by atoms with Crippen molar-refractivity contribution in [1.82, 2.24) is 5.32 Å². The van der Waals surface area contributed by atoms with Gasteiger partial charge in [0.25, 0.3) is 0 Å². The molecule has 0 radical (unpaired) electrons. The quantitative estimate of drug-likeness (QED) is 0.814. The fraction of sp³-hybridized carbons (Fsp3) is 0.714. The van der Waals surface area contributed by atoms with Crippen LogP contribution in [-0.2, 0) is 12.8 Å². The summed E-state index contributed by atoms with van der Waals surface area (Å²) in [6.45, 7) is 5.40. The van der Waals surface area contributed by atoms with Crippen molar-refractivity contribution in [2.75, 3.05) is 26.2 Å². The molecular formula is C21H33N2+. The van der Waals surface area contributed by atoms with E-state index in [9.17, 15) is 0 Å². The standard InChI is InChI=1S/C15H19N.C6H13N/c1-2-5-13-11-14(10-12(13)4-1)15-6-3-8-16(15)9-7-15;1-2-4-6-7-5-3-1/h1-2,4-5,14H,3,6-11H2;7H,1-6H2/p+1. The zero-order chi connectivity index (χ0) is 15.5. The predicted octanol–water partition coefficient (Wildman–Crippen LogP) is 2.37. The maximum atomic E-state index is 3.35. The van der Waals surface area contributed by atoms with Crippen LogP contribution in [0.5, 0.6) is 0 Å². The van der Waals surface area contributed by atoms with Gasteiger partial charge in [-0.3, -0.25) is 0 Å². The Balaban J connectivity index is 0.000000164. The highest BCUT2D eigenvalue weighted by Crippen LogP contribution is 2.40. The summed E-state index contributed by atoms with van der Waals surface area (Å²) in [5.41, 5.74) is 3.99. The summed E-state index contributed by atoms with van der Waals surface area (Å²) in [7, 11) is 0. The lowest BCUT2D eigenvalue weighted by atomic mass is 9.72. The summed E-state index contributed by atoms with van der Waals surface area (Å²) in [5, 5.41) is 3.35. The van der Waals surface area contributed by atoms with E-state index in [2.05, 4.69) is 29.6 Å². The Kier molecular flexibility index (Phi) is 4.73. The van der Waals surface area contributed by atoms with E-state index < -0.39 is 0 Å². The number of fused-ring (bicyclic) bond motifs is 2. The maximum absolute atomic E-state index is 3.35. The van der Waals surface area contributed by atoms with E-state index in [1.165, 1.54) is 84.0 Å². The van der Waals surface area contributed by atoms with Crippen LogP contribution in [0.3, 0.4) is 0 Å². The third-order valence-corrected chi connectivity index (χ3v) is 6.97. The van der Waals surface area contributed by atoms with Gasteiger partial charge in [0.2, 0.25) is 0 Å². The zero-order valence-corrected chi connectivity index (χ0v) is 14.6. The van der Waals surface area contributed by atoms with E-state index in [4.69, 9.17) is 0 Å². The van der Waals surface area contributed by atoms with Crippen molar-refractivity contribution in [1.29, 1.82) is 0 Å². The van der Waals surface area contributed by atoms with Gasteiger partial charge in [-0.05, 0) is 49.9 Å². The Labute approximate surface area is 141 Å². The fourth-order valence-electron chi connectivity index (χ4n) is 5.54. The normalized spacial score (nSPS) is 33.0. The van der Waals surface area contributed by atoms with Gasteiger partial charge in [0.1, 0.15) is 5.54 Å². The molecule has 2 unspecified atom stereocenters. The van der Waals surface area contributed by atoms with Gasteiger partial charge >= 0.3 is 0 Å². The molecule has 1 aliphatic carbocycles. The summed E-state index contributed by atoms with van der Waals surface area (Å²) in [5.74, 6) is 0.955. The van der Waals surface area contributed by atoms with Crippen LogP contribution in [-0.4, -0.2) is 31.7 Å². The van der Waals surface area contributed by atoms with Gasteiger partial charge in [-0.15, -0.1) is 0 Å². The van der Waals surface area contributed by atoms with Gasteiger partial charge in [0.15, 0.2) is 0 Å². The van der Waals surface area contributed by atoms with E-state index in [0.717, 1.165) is 5.92 Å². The molecule has 126 valence electrons. The van der Waals surface area contributed by atoms with Gasteiger partial charge in [-0.2, -0.15) is 0 Å². The molecule has 2 atom stereocenters. The first-order valence-electron chi connectivity index (χ1n) is 10.0. The van der Waals surface area contributed by atoms with Crippen LogP contribution in [0.1, 0.15) is 56.1 Å². The number of benzene rings is 1. The molecule has 2 heteroatoms. The SMILES string of the molecule is C1CCCNCC1.c1ccc2c(c1)CC(C13CCC[NH+]1CC3)C2. The molecule has 4 aliphatic rings. The van der Waals surface area contributed by atoms with Crippen molar-refractivity contribution >= 4 is 0 Å². The molecule has 3 heterocycles. The average Bonchev–Trinajstić information content (AvgIpc) is 2.95. The number of quaternary nitrogens is 1. The minimum absolute atomic E-state index is 0.707. The molecule has 3 fully saturated rings. The minimum Gasteiger partial charge on any atom is -0.329 e. The number of hydrogen-bond acceptors (Lipinski definition) is 1. The number of hydrogen-bond donors (Lipinski definition) is 2. The lowest BCUT2D eigenvalue weighted by molar-refractivity contribution is -0.988. The van der Waals surface area contributed by atoms with Gasteiger partial charge < -0.3 is 10.2 Å². The highest BCUT2D eigenvalue weighted by molar-refractivity contribution is 5.33. The van der Waals surface area contributed by atoms with Gasteiger partial charge in [0, 0.05) is 18.8 Å². The minimum atomic E-state index is 0.707. The molecule has 5 rings (SSSR count). The second kappa shape index (κ2) is 6.94. The van der Waals surface area contributed by atoms with Crippen LogP contribution in [0, 0.1) is 5.92 Å². The summed E-state index contributed by atoms with van der Waals surface area (Å²) in [4.78, 5) is 1.94. The molecule has 2 N–H and O–H groups in total. The predicted molar refractivity (Wildman–Crippen MR) is 96.0 cm³/mol. The van der Waals surface area contributed by atoms with Gasteiger partial charge in [-0.1, -0.05) is 37.1 Å². The van der Waals surface area contributed by atoms with E-state index in [0.29, 0.717) is 5.54 Å². The van der Waals surface area contributed by atoms with Crippen LogP contribution in [0.15, 0.2) is 24.3 Å². The lowest BCUT2D eigenvalue weighted by Gasteiger charge is -2.48. The van der Waals surface area contributed by atoms with E-state index >= 15 is 0 Å². The van der Waals surface area contributed by atoms with Crippen molar-refractivity contribution in [3.63, 3.8) is 0 Å². The van der Waals surface area contributed by atoms with Crippen LogP contribution in [0.2, 0.25) is 0 Å². The third kappa shape index (κ3) is 3.08.